The van der Waals surface area contributed by atoms with Crippen LogP contribution in [0.15, 0.2) is 12.1 Å². The molecule has 0 saturated carbocycles. The van der Waals surface area contributed by atoms with Crippen LogP contribution in [0.5, 0.6) is 0 Å². The third-order valence-electron chi connectivity index (χ3n) is 4.65. The molecule has 0 radical (unpaired) electrons. The summed E-state index contributed by atoms with van der Waals surface area (Å²) in [7, 11) is 1.87. The summed E-state index contributed by atoms with van der Waals surface area (Å²) < 4.78 is 0. The molecule has 0 bridgehead atoms. The average molecular weight is 369 g/mol. The van der Waals surface area contributed by atoms with E-state index in [2.05, 4.69) is 51.3 Å². The van der Waals surface area contributed by atoms with E-state index in [9.17, 15) is 0 Å². The zero-order valence-electron chi connectivity index (χ0n) is 17.6. The van der Waals surface area contributed by atoms with Crippen LogP contribution in [0.1, 0.15) is 71.0 Å². The fraction of sp³-hybridized carbons (Fsp3) is 0.524. The highest BCUT2D eigenvalue weighted by atomic mass is 15.1. The van der Waals surface area contributed by atoms with Crippen molar-refractivity contribution in [3.63, 3.8) is 0 Å². The van der Waals surface area contributed by atoms with Crippen molar-refractivity contribution in [2.75, 3.05) is 17.7 Å². The van der Waals surface area contributed by atoms with Crippen LogP contribution >= 0.6 is 0 Å². The van der Waals surface area contributed by atoms with Crippen molar-refractivity contribution in [3.05, 3.63) is 29.2 Å². The van der Waals surface area contributed by atoms with Gasteiger partial charge in [-0.1, -0.05) is 27.7 Å². The molecule has 0 saturated heterocycles. The number of anilines is 2. The summed E-state index contributed by atoms with van der Waals surface area (Å²) >= 11 is 0. The second-order valence-corrected chi connectivity index (χ2v) is 7.19. The highest BCUT2D eigenvalue weighted by Gasteiger charge is 2.19. The molecule has 0 aliphatic heterocycles. The zero-order valence-corrected chi connectivity index (χ0v) is 17.6. The van der Waals surface area contributed by atoms with E-state index < -0.39 is 0 Å². The van der Waals surface area contributed by atoms with E-state index in [-0.39, 0.29) is 6.04 Å². The number of nitrogens with one attached hydrogen (secondary N) is 3. The van der Waals surface area contributed by atoms with E-state index in [4.69, 9.17) is 20.4 Å². The maximum Gasteiger partial charge on any atom is 0.154 e. The number of hydrogen-bond donors (Lipinski definition) is 3. The van der Waals surface area contributed by atoms with Gasteiger partial charge in [-0.25, -0.2) is 15.0 Å². The van der Waals surface area contributed by atoms with Gasteiger partial charge in [0.05, 0.1) is 17.1 Å². The molecule has 2 heterocycles. The maximum absolute atomic E-state index is 8.18. The molecule has 2 aromatic heterocycles. The van der Waals surface area contributed by atoms with Gasteiger partial charge in [0.1, 0.15) is 11.5 Å². The van der Waals surface area contributed by atoms with Crippen LogP contribution in [0.2, 0.25) is 0 Å². The van der Waals surface area contributed by atoms with Crippen LogP contribution in [0.3, 0.4) is 0 Å². The first-order valence-electron chi connectivity index (χ1n) is 9.74. The van der Waals surface area contributed by atoms with E-state index in [0.717, 1.165) is 41.3 Å². The lowest BCUT2D eigenvalue weighted by Gasteiger charge is -2.19. The molecule has 3 N–H and O–H groups in total. The van der Waals surface area contributed by atoms with Gasteiger partial charge < -0.3 is 16.0 Å². The van der Waals surface area contributed by atoms with E-state index in [0.29, 0.717) is 23.1 Å². The van der Waals surface area contributed by atoms with Crippen molar-refractivity contribution in [2.24, 2.45) is 0 Å². The highest BCUT2D eigenvalue weighted by molar-refractivity contribution is 5.99. The summed E-state index contributed by atoms with van der Waals surface area (Å²) in [6, 6.07) is 4.37. The van der Waals surface area contributed by atoms with Crippen molar-refractivity contribution in [1.82, 2.24) is 15.0 Å². The Morgan fingerprint density at radius 1 is 1.07 bits per heavy atom. The molecule has 0 aliphatic rings. The van der Waals surface area contributed by atoms with E-state index in [1.54, 1.807) is 6.92 Å². The van der Waals surface area contributed by atoms with Crippen molar-refractivity contribution in [2.45, 2.75) is 66.3 Å². The Bertz CT molecular complexity index is 813. The molecular weight excluding hydrogens is 336 g/mol. The lowest BCUT2D eigenvalue weighted by atomic mass is 10.0. The lowest BCUT2D eigenvalue weighted by molar-refractivity contribution is 0.755. The molecule has 0 spiro atoms. The van der Waals surface area contributed by atoms with Crippen molar-refractivity contribution in [3.8, 4) is 11.3 Å². The molecule has 6 nitrogen and oxygen atoms in total. The van der Waals surface area contributed by atoms with Gasteiger partial charge in [-0.2, -0.15) is 0 Å². The molecule has 146 valence electrons. The van der Waals surface area contributed by atoms with Crippen LogP contribution < -0.4 is 10.6 Å². The molecule has 6 heteroatoms. The largest absolute Gasteiger partial charge is 0.373 e. The first-order chi connectivity index (χ1) is 12.8. The Morgan fingerprint density at radius 3 is 2.30 bits per heavy atom. The standard InChI is InChI=1S/C21H32N6/c1-8-13(5)24-21-18(14(6)22)27-19(16(9-2)25-21)15-10-11-17(12(3)4)26-20(15)23-7/h10-13,22H,8-9H2,1-7H3,(H,23,26)(H,24,25). The number of nitrogens with zero attached hydrogens (tertiary/aromatic N) is 3. The van der Waals surface area contributed by atoms with Gasteiger partial charge in [0, 0.05) is 24.3 Å². The van der Waals surface area contributed by atoms with Gasteiger partial charge in [-0.05, 0) is 44.7 Å². The Morgan fingerprint density at radius 2 is 1.78 bits per heavy atom. The molecule has 2 rings (SSSR count). The Kier molecular flexibility index (Phi) is 6.88. The van der Waals surface area contributed by atoms with E-state index >= 15 is 0 Å². The molecule has 27 heavy (non-hydrogen) atoms. The number of aryl methyl sites for hydroxylation is 1. The summed E-state index contributed by atoms with van der Waals surface area (Å²) in [5.74, 6) is 1.83. The fourth-order valence-corrected chi connectivity index (χ4v) is 2.81. The zero-order chi connectivity index (χ0) is 20.1. The highest BCUT2D eigenvalue weighted by Crippen LogP contribution is 2.31. The van der Waals surface area contributed by atoms with Gasteiger partial charge in [0.25, 0.3) is 0 Å². The van der Waals surface area contributed by atoms with Crippen molar-refractivity contribution >= 4 is 17.3 Å². The van der Waals surface area contributed by atoms with Gasteiger partial charge in [0.2, 0.25) is 0 Å². The summed E-state index contributed by atoms with van der Waals surface area (Å²) in [4.78, 5) is 14.4. The summed E-state index contributed by atoms with van der Waals surface area (Å²) in [6.45, 7) is 12.3. The average Bonchev–Trinajstić information content (AvgIpc) is 2.66. The normalized spacial score (nSPS) is 12.1. The summed E-state index contributed by atoms with van der Waals surface area (Å²) in [5, 5.41) is 14.8. The van der Waals surface area contributed by atoms with E-state index in [1.165, 1.54) is 0 Å². The third kappa shape index (κ3) is 4.62. The smallest absolute Gasteiger partial charge is 0.154 e. The number of rotatable bonds is 8. The monoisotopic (exact) mass is 368 g/mol. The predicted molar refractivity (Wildman–Crippen MR) is 114 cm³/mol. The molecule has 0 aliphatic carbocycles. The summed E-state index contributed by atoms with van der Waals surface area (Å²) in [6.07, 6.45) is 1.73. The Balaban J connectivity index is 2.66. The van der Waals surface area contributed by atoms with Crippen LogP contribution in [0.4, 0.5) is 11.6 Å². The van der Waals surface area contributed by atoms with Gasteiger partial charge in [-0.15, -0.1) is 0 Å². The number of aromatic nitrogens is 3. The minimum absolute atomic E-state index is 0.271. The molecule has 1 unspecified atom stereocenters. The van der Waals surface area contributed by atoms with Crippen LogP contribution in [0.25, 0.3) is 11.3 Å². The number of hydrogen-bond acceptors (Lipinski definition) is 6. The first kappa shape index (κ1) is 20.8. The SMILES string of the molecule is CCc1nc(NC(C)CC)c(C(C)=N)nc1-c1ccc(C(C)C)nc1NC. The minimum atomic E-state index is 0.271. The maximum atomic E-state index is 8.18. The second-order valence-electron chi connectivity index (χ2n) is 7.19. The third-order valence-corrected chi connectivity index (χ3v) is 4.65. The molecule has 0 aromatic carbocycles. The second kappa shape index (κ2) is 8.93. The van der Waals surface area contributed by atoms with Gasteiger partial charge in [0.15, 0.2) is 5.82 Å². The molecule has 0 fully saturated rings. The van der Waals surface area contributed by atoms with Gasteiger partial charge >= 0.3 is 0 Å². The Labute approximate surface area is 162 Å². The van der Waals surface area contributed by atoms with Crippen LogP contribution in [0, 0.1) is 5.41 Å². The molecule has 2 aromatic rings. The molecule has 1 atom stereocenters. The topological polar surface area (TPSA) is 86.6 Å². The predicted octanol–water partition coefficient (Wildman–Crippen LogP) is 4.86. The lowest BCUT2D eigenvalue weighted by Crippen LogP contribution is -2.19. The van der Waals surface area contributed by atoms with Crippen molar-refractivity contribution in [1.29, 1.82) is 5.41 Å². The van der Waals surface area contributed by atoms with Crippen LogP contribution in [-0.2, 0) is 6.42 Å². The quantitative estimate of drug-likeness (QED) is 0.579. The minimum Gasteiger partial charge on any atom is -0.373 e. The Hall–Kier alpha value is -2.50. The molecular formula is C21H32N6. The number of pyridine rings is 1. The van der Waals surface area contributed by atoms with Crippen LogP contribution in [-0.4, -0.2) is 33.8 Å². The first-order valence-corrected chi connectivity index (χ1v) is 9.74. The summed E-state index contributed by atoms with van der Waals surface area (Å²) in [5.41, 5.74) is 4.64. The molecule has 0 amide bonds. The van der Waals surface area contributed by atoms with Gasteiger partial charge in [-0.3, -0.25) is 0 Å². The fourth-order valence-electron chi connectivity index (χ4n) is 2.81. The van der Waals surface area contributed by atoms with Crippen molar-refractivity contribution < 1.29 is 0 Å². The van der Waals surface area contributed by atoms with E-state index in [1.807, 2.05) is 13.1 Å².